The van der Waals surface area contributed by atoms with Gasteiger partial charge in [-0.1, -0.05) is 12.1 Å². The van der Waals surface area contributed by atoms with Crippen molar-refractivity contribution in [3.05, 3.63) is 34.7 Å². The number of thioether (sulfide) groups is 1. The zero-order chi connectivity index (χ0) is 21.1. The van der Waals surface area contributed by atoms with Crippen LogP contribution < -0.4 is 5.69 Å². The van der Waals surface area contributed by atoms with Crippen molar-refractivity contribution >= 4 is 28.9 Å². The minimum atomic E-state index is -0.218. The Hall–Kier alpha value is -1.93. The van der Waals surface area contributed by atoms with Gasteiger partial charge >= 0.3 is 11.8 Å². The van der Waals surface area contributed by atoms with E-state index in [0.29, 0.717) is 6.04 Å². The molecule has 3 heterocycles. The van der Waals surface area contributed by atoms with Crippen molar-refractivity contribution in [3.63, 3.8) is 0 Å². The third kappa shape index (κ3) is 4.12. The van der Waals surface area contributed by atoms with Gasteiger partial charge in [-0.25, -0.2) is 9.59 Å². The fraction of sp³-hybridized carbons (Fsp3) is 0.636. The Bertz CT molecular complexity index is 924. The summed E-state index contributed by atoms with van der Waals surface area (Å²) in [7, 11) is 1.44. The summed E-state index contributed by atoms with van der Waals surface area (Å²) >= 11 is 1.77. The maximum absolute atomic E-state index is 13.3. The van der Waals surface area contributed by atoms with Crippen LogP contribution in [0.5, 0.6) is 0 Å². The molecule has 1 amide bonds. The number of rotatable bonds is 5. The normalized spacial score (nSPS) is 19.5. The number of aromatic nitrogens is 2. The molecule has 1 aromatic heterocycles. The SMILES string of the molecule is COC(=O)N1CCC(N2CCC(n3c(=O)n(CCSC)c4ccccc43)CC2)CC1. The van der Waals surface area contributed by atoms with E-state index < -0.39 is 0 Å². The van der Waals surface area contributed by atoms with Crippen LogP contribution in [0, 0.1) is 0 Å². The Balaban J connectivity index is 1.44. The number of ether oxygens (including phenoxy) is 1. The number of aryl methyl sites for hydroxylation is 1. The summed E-state index contributed by atoms with van der Waals surface area (Å²) in [6, 6.07) is 8.97. The van der Waals surface area contributed by atoms with Crippen LogP contribution in [0.4, 0.5) is 4.79 Å². The lowest BCUT2D eigenvalue weighted by Crippen LogP contribution is -2.49. The highest BCUT2D eigenvalue weighted by atomic mass is 32.2. The van der Waals surface area contributed by atoms with Crippen molar-refractivity contribution in [2.24, 2.45) is 0 Å². The Labute approximate surface area is 182 Å². The van der Waals surface area contributed by atoms with Gasteiger partial charge in [0, 0.05) is 50.6 Å². The van der Waals surface area contributed by atoms with Crippen LogP contribution in [-0.2, 0) is 11.3 Å². The number of methoxy groups -OCH3 is 1. The third-order valence-corrected chi connectivity index (χ3v) is 7.26. The molecule has 2 aliphatic heterocycles. The number of imidazole rings is 1. The van der Waals surface area contributed by atoms with Gasteiger partial charge in [-0.15, -0.1) is 0 Å². The number of para-hydroxylation sites is 2. The fourth-order valence-corrected chi connectivity index (χ4v) is 5.40. The first-order valence-electron chi connectivity index (χ1n) is 10.9. The van der Waals surface area contributed by atoms with Gasteiger partial charge in [0.25, 0.3) is 0 Å². The van der Waals surface area contributed by atoms with Gasteiger partial charge in [-0.2, -0.15) is 11.8 Å². The van der Waals surface area contributed by atoms with Crippen molar-refractivity contribution in [2.45, 2.75) is 44.3 Å². The van der Waals surface area contributed by atoms with Crippen LogP contribution in [0.3, 0.4) is 0 Å². The zero-order valence-electron chi connectivity index (χ0n) is 18.0. The van der Waals surface area contributed by atoms with E-state index in [0.717, 1.165) is 75.2 Å². The van der Waals surface area contributed by atoms with Crippen molar-refractivity contribution in [1.82, 2.24) is 18.9 Å². The number of carbonyl (C=O) groups excluding carboxylic acids is 1. The van der Waals surface area contributed by atoms with Gasteiger partial charge in [0.05, 0.1) is 18.1 Å². The number of nitrogens with zero attached hydrogens (tertiary/aromatic N) is 4. The summed E-state index contributed by atoms with van der Waals surface area (Å²) in [5.74, 6) is 0.941. The number of hydrogen-bond donors (Lipinski definition) is 0. The quantitative estimate of drug-likeness (QED) is 0.727. The smallest absolute Gasteiger partial charge is 0.409 e. The van der Waals surface area contributed by atoms with Gasteiger partial charge in [0.2, 0.25) is 0 Å². The summed E-state index contributed by atoms with van der Waals surface area (Å²) in [5.41, 5.74) is 2.25. The maximum atomic E-state index is 13.3. The monoisotopic (exact) mass is 432 g/mol. The van der Waals surface area contributed by atoms with Crippen LogP contribution in [-0.4, -0.2) is 76.4 Å². The molecule has 30 heavy (non-hydrogen) atoms. The number of amides is 1. The molecule has 8 heteroatoms. The molecule has 0 unspecified atom stereocenters. The number of carbonyl (C=O) groups is 1. The van der Waals surface area contributed by atoms with Gasteiger partial charge in [-0.3, -0.25) is 9.13 Å². The highest BCUT2D eigenvalue weighted by Gasteiger charge is 2.31. The van der Waals surface area contributed by atoms with E-state index in [1.165, 1.54) is 7.11 Å². The number of benzene rings is 1. The minimum Gasteiger partial charge on any atom is -0.453 e. The van der Waals surface area contributed by atoms with Crippen molar-refractivity contribution in [1.29, 1.82) is 0 Å². The van der Waals surface area contributed by atoms with E-state index in [1.807, 2.05) is 21.3 Å². The zero-order valence-corrected chi connectivity index (χ0v) is 18.8. The highest BCUT2D eigenvalue weighted by Crippen LogP contribution is 2.29. The molecule has 0 aliphatic carbocycles. The molecule has 2 saturated heterocycles. The Morgan fingerprint density at radius 2 is 1.67 bits per heavy atom. The van der Waals surface area contributed by atoms with Crippen LogP contribution in [0.2, 0.25) is 0 Å². The second-order valence-electron chi connectivity index (χ2n) is 8.24. The Kier molecular flexibility index (Phi) is 6.73. The molecule has 0 bridgehead atoms. The molecule has 164 valence electrons. The van der Waals surface area contributed by atoms with Gasteiger partial charge < -0.3 is 14.5 Å². The Morgan fingerprint density at radius 3 is 2.30 bits per heavy atom. The summed E-state index contributed by atoms with van der Waals surface area (Å²) in [5, 5.41) is 0. The Morgan fingerprint density at radius 1 is 1.03 bits per heavy atom. The lowest BCUT2D eigenvalue weighted by molar-refractivity contribution is 0.0686. The number of likely N-dealkylation sites (tertiary alicyclic amines) is 2. The molecule has 7 nitrogen and oxygen atoms in total. The number of hydrogen-bond acceptors (Lipinski definition) is 5. The summed E-state index contributed by atoms with van der Waals surface area (Å²) in [6.45, 7) is 4.29. The summed E-state index contributed by atoms with van der Waals surface area (Å²) in [4.78, 5) is 29.3. The van der Waals surface area contributed by atoms with Crippen molar-refractivity contribution < 1.29 is 9.53 Å². The first kappa shape index (κ1) is 21.3. The highest BCUT2D eigenvalue weighted by molar-refractivity contribution is 7.98. The molecule has 0 radical (unpaired) electrons. The average molecular weight is 433 g/mol. The maximum Gasteiger partial charge on any atom is 0.409 e. The summed E-state index contributed by atoms with van der Waals surface area (Å²) < 4.78 is 8.84. The van der Waals surface area contributed by atoms with Crippen LogP contribution in [0.25, 0.3) is 11.0 Å². The molecule has 0 spiro atoms. The fourth-order valence-electron chi connectivity index (χ4n) is 5.04. The van der Waals surface area contributed by atoms with E-state index in [4.69, 9.17) is 4.74 Å². The molecular formula is C22H32N4O3S. The molecule has 2 fully saturated rings. The van der Waals surface area contributed by atoms with Crippen molar-refractivity contribution in [3.8, 4) is 0 Å². The molecule has 1 aromatic carbocycles. The van der Waals surface area contributed by atoms with Crippen LogP contribution in [0.15, 0.2) is 29.1 Å². The molecule has 2 aliphatic rings. The number of fused-ring (bicyclic) bond motifs is 1. The van der Waals surface area contributed by atoms with Crippen LogP contribution >= 0.6 is 11.8 Å². The molecule has 0 N–H and O–H groups in total. The van der Waals surface area contributed by atoms with E-state index in [-0.39, 0.29) is 17.8 Å². The standard InChI is InChI=1S/C22H32N4O3S/c1-29-22(28)24-13-7-17(8-14-24)23-11-9-18(10-12-23)26-20-6-4-3-5-19(20)25(21(26)27)15-16-30-2/h3-6,17-18H,7-16H2,1-2H3. The van der Waals surface area contributed by atoms with Gasteiger partial charge in [-0.05, 0) is 44.1 Å². The largest absolute Gasteiger partial charge is 0.453 e. The topological polar surface area (TPSA) is 59.7 Å². The van der Waals surface area contributed by atoms with Crippen molar-refractivity contribution in [2.75, 3.05) is 45.3 Å². The predicted molar refractivity (Wildman–Crippen MR) is 121 cm³/mol. The molecule has 0 saturated carbocycles. The second kappa shape index (κ2) is 9.47. The first-order valence-corrected chi connectivity index (χ1v) is 12.3. The summed E-state index contributed by atoms with van der Waals surface area (Å²) in [6.07, 6.45) is 5.84. The van der Waals surface area contributed by atoms with E-state index in [2.05, 4.69) is 23.3 Å². The molecule has 0 atom stereocenters. The minimum absolute atomic E-state index is 0.134. The predicted octanol–water partition coefficient (Wildman–Crippen LogP) is 3.03. The first-order chi connectivity index (χ1) is 14.6. The van der Waals surface area contributed by atoms with Gasteiger partial charge in [0.1, 0.15) is 0 Å². The third-order valence-electron chi connectivity index (χ3n) is 6.67. The van der Waals surface area contributed by atoms with Gasteiger partial charge in [0.15, 0.2) is 0 Å². The molecule has 4 rings (SSSR count). The lowest BCUT2D eigenvalue weighted by atomic mass is 9.97. The van der Waals surface area contributed by atoms with E-state index in [9.17, 15) is 9.59 Å². The van der Waals surface area contributed by atoms with E-state index >= 15 is 0 Å². The lowest BCUT2D eigenvalue weighted by Gasteiger charge is -2.41. The molecular weight excluding hydrogens is 400 g/mol. The van der Waals surface area contributed by atoms with E-state index in [1.54, 1.807) is 16.7 Å². The average Bonchev–Trinajstić information content (AvgIpc) is 3.08. The second-order valence-corrected chi connectivity index (χ2v) is 9.23. The molecule has 2 aromatic rings. The van der Waals surface area contributed by atoms with Crippen LogP contribution in [0.1, 0.15) is 31.7 Å². The number of piperidine rings is 2.